The number of rotatable bonds is 8. The largest absolute Gasteiger partial charge is 0.461 e. The highest BCUT2D eigenvalue weighted by Crippen LogP contribution is 2.67. The molecule has 0 aliphatic heterocycles. The van der Waals surface area contributed by atoms with E-state index in [9.17, 15) is 19.8 Å². The van der Waals surface area contributed by atoms with Gasteiger partial charge in [-0.3, -0.25) is 4.79 Å². The van der Waals surface area contributed by atoms with E-state index in [4.69, 9.17) is 9.47 Å². The molecule has 7 heteroatoms. The van der Waals surface area contributed by atoms with Crippen molar-refractivity contribution in [1.29, 1.82) is 0 Å². The minimum atomic E-state index is -0.465. The number of halogens is 1. The number of hydrogen-bond acceptors (Lipinski definition) is 6. The van der Waals surface area contributed by atoms with Gasteiger partial charge in [-0.05, 0) is 86.9 Å². The van der Waals surface area contributed by atoms with Crippen molar-refractivity contribution in [2.24, 2.45) is 34.5 Å². The van der Waals surface area contributed by atoms with Crippen LogP contribution in [0.4, 0.5) is 0 Å². The molecule has 4 aliphatic rings. The molecule has 4 unspecified atom stereocenters. The van der Waals surface area contributed by atoms with E-state index in [1.54, 1.807) is 0 Å². The molecule has 0 amide bonds. The third-order valence-electron chi connectivity index (χ3n) is 9.92. The van der Waals surface area contributed by atoms with Gasteiger partial charge in [-0.25, -0.2) is 0 Å². The molecular formula is C26H41BrO6. The van der Waals surface area contributed by atoms with Crippen molar-refractivity contribution in [3.63, 3.8) is 0 Å². The third kappa shape index (κ3) is 4.56. The summed E-state index contributed by atoms with van der Waals surface area (Å²) in [5.41, 5.74) is -0.294. The Balaban J connectivity index is 1.48. The topological polar surface area (TPSA) is 93.1 Å². The average molecular weight is 530 g/mol. The number of unbranched alkanes of at least 4 members (excludes halogenated alkanes) is 2. The van der Waals surface area contributed by atoms with Gasteiger partial charge in [0.25, 0.3) is 0 Å². The van der Waals surface area contributed by atoms with Crippen LogP contribution in [-0.4, -0.2) is 58.8 Å². The maximum atomic E-state index is 11.8. The van der Waals surface area contributed by atoms with Crippen LogP contribution in [0.1, 0.15) is 78.1 Å². The molecule has 4 fully saturated rings. The van der Waals surface area contributed by atoms with Crippen LogP contribution >= 0.6 is 15.9 Å². The molecule has 0 heterocycles. The fraction of sp³-hybridized carbons (Fsp3) is 0.923. The van der Waals surface area contributed by atoms with Gasteiger partial charge in [-0.2, -0.15) is 0 Å². The van der Waals surface area contributed by atoms with Crippen LogP contribution in [0.2, 0.25) is 0 Å². The van der Waals surface area contributed by atoms with Gasteiger partial charge >= 0.3 is 5.97 Å². The monoisotopic (exact) mass is 528 g/mol. The normalized spacial score (nSPS) is 46.7. The zero-order valence-corrected chi connectivity index (χ0v) is 21.7. The van der Waals surface area contributed by atoms with Crippen molar-refractivity contribution < 1.29 is 29.3 Å². The molecule has 2 N–H and O–H groups in total. The number of fused-ring (bicyclic) bond motifs is 5. The maximum Gasteiger partial charge on any atom is 0.302 e. The van der Waals surface area contributed by atoms with Gasteiger partial charge in [0.2, 0.25) is 0 Å². The van der Waals surface area contributed by atoms with E-state index in [1.807, 2.05) is 0 Å². The lowest BCUT2D eigenvalue weighted by Crippen LogP contribution is -2.60. The highest BCUT2D eigenvalue weighted by molar-refractivity contribution is 9.09. The zero-order chi connectivity index (χ0) is 23.8. The molecule has 0 spiro atoms. The van der Waals surface area contributed by atoms with Gasteiger partial charge < -0.3 is 24.5 Å². The zero-order valence-electron chi connectivity index (χ0n) is 20.1. The number of ether oxygens (including phenoxy) is 2. The van der Waals surface area contributed by atoms with Crippen LogP contribution < -0.4 is 0 Å². The Bertz CT molecular complexity index is 717. The molecule has 4 rings (SSSR count). The highest BCUT2D eigenvalue weighted by atomic mass is 79.9. The number of aliphatic hydroxyl groups is 2. The molecule has 0 aromatic carbocycles. The Kier molecular flexibility index (Phi) is 7.94. The number of alkyl halides is 1. The van der Waals surface area contributed by atoms with Crippen molar-refractivity contribution in [2.45, 2.75) is 101 Å². The fourth-order valence-electron chi connectivity index (χ4n) is 8.31. The number of esters is 1. The molecule has 188 valence electrons. The van der Waals surface area contributed by atoms with E-state index < -0.39 is 11.5 Å². The Morgan fingerprint density at radius 1 is 1.15 bits per heavy atom. The van der Waals surface area contributed by atoms with Crippen LogP contribution in [0.3, 0.4) is 0 Å². The molecule has 0 saturated heterocycles. The fourth-order valence-corrected chi connectivity index (χ4v) is 9.35. The first-order chi connectivity index (χ1) is 15.8. The summed E-state index contributed by atoms with van der Waals surface area (Å²) in [5, 5.41) is 22.0. The van der Waals surface area contributed by atoms with Gasteiger partial charge in [0.05, 0.1) is 23.6 Å². The van der Waals surface area contributed by atoms with Gasteiger partial charge in [0.15, 0.2) is 0 Å². The minimum Gasteiger partial charge on any atom is -0.461 e. The second kappa shape index (κ2) is 10.2. The van der Waals surface area contributed by atoms with Crippen LogP contribution in [-0.2, 0) is 19.1 Å². The number of hydrogen-bond donors (Lipinski definition) is 2. The first-order valence-electron chi connectivity index (χ1n) is 12.9. The lowest BCUT2D eigenvalue weighted by atomic mass is 9.44. The summed E-state index contributed by atoms with van der Waals surface area (Å²) in [5.74, 6) is 0.832. The molecule has 33 heavy (non-hydrogen) atoms. The number of carbonyl (C=O) groups excluding carboxylic acids is 2. The Hall–Kier alpha value is -0.500. The van der Waals surface area contributed by atoms with Gasteiger partial charge in [0.1, 0.15) is 12.4 Å². The summed E-state index contributed by atoms with van der Waals surface area (Å²) < 4.78 is 11.9. The summed E-state index contributed by atoms with van der Waals surface area (Å²) in [6.07, 6.45) is 9.44. The van der Waals surface area contributed by atoms with Crippen LogP contribution in [0, 0.1) is 34.5 Å². The van der Waals surface area contributed by atoms with Crippen molar-refractivity contribution >= 4 is 28.2 Å². The minimum absolute atomic E-state index is 0.00614. The number of carbonyl (C=O) groups is 2. The van der Waals surface area contributed by atoms with Crippen LogP contribution in [0.15, 0.2) is 0 Å². The second-order valence-corrected chi connectivity index (χ2v) is 12.6. The molecule has 10 atom stereocenters. The standard InChI is InChI=1S/C26H41BrO6/c1-16(30)33-24-21(27)14-20-23-19(7-9-26(20,24)15-29)25(2)8-6-18(12-17(25)13-22(23)31)32-11-5-3-4-10-28/h10,17-24,29,31H,3-9,11-15H2,1-2H3/t17?,18-,19?,20?,21+,22-,23?,24-,25-,26+/m0/s1. The van der Waals surface area contributed by atoms with E-state index in [-0.39, 0.29) is 46.9 Å². The Labute approximate surface area is 206 Å². The van der Waals surface area contributed by atoms with Gasteiger partial charge in [-0.1, -0.05) is 22.9 Å². The number of aliphatic hydroxyl groups excluding tert-OH is 2. The summed E-state index contributed by atoms with van der Waals surface area (Å²) in [6.45, 7) is 4.57. The van der Waals surface area contributed by atoms with Crippen molar-refractivity contribution in [1.82, 2.24) is 0 Å². The summed E-state index contributed by atoms with van der Waals surface area (Å²) >= 11 is 3.76. The SMILES string of the molecule is CC(=O)O[C@H]1[C@H](Br)CC2C3C(CC[C@@]21CO)[C@@]1(C)CC[C@H](OCCCCC=O)CC1C[C@@H]3O. The van der Waals surface area contributed by atoms with Crippen molar-refractivity contribution in [2.75, 3.05) is 13.2 Å². The van der Waals surface area contributed by atoms with Crippen LogP contribution in [0.5, 0.6) is 0 Å². The predicted octanol–water partition coefficient (Wildman–Crippen LogP) is 4.03. The summed E-state index contributed by atoms with van der Waals surface area (Å²) in [6, 6.07) is 0. The van der Waals surface area contributed by atoms with E-state index in [0.717, 1.165) is 64.1 Å². The number of aldehydes is 1. The van der Waals surface area contributed by atoms with Gasteiger partial charge in [0, 0.05) is 25.4 Å². The molecule has 4 saturated carbocycles. The first-order valence-corrected chi connectivity index (χ1v) is 13.8. The highest BCUT2D eigenvalue weighted by Gasteiger charge is 2.66. The van der Waals surface area contributed by atoms with E-state index in [1.165, 1.54) is 6.92 Å². The first kappa shape index (κ1) is 25.6. The van der Waals surface area contributed by atoms with Gasteiger partial charge in [-0.15, -0.1) is 0 Å². The van der Waals surface area contributed by atoms with Crippen molar-refractivity contribution in [3.8, 4) is 0 Å². The Morgan fingerprint density at radius 3 is 2.64 bits per heavy atom. The predicted molar refractivity (Wildman–Crippen MR) is 128 cm³/mol. The molecular weight excluding hydrogens is 488 g/mol. The van der Waals surface area contributed by atoms with E-state index in [0.29, 0.717) is 24.9 Å². The smallest absolute Gasteiger partial charge is 0.302 e. The molecule has 6 nitrogen and oxygen atoms in total. The lowest BCUT2D eigenvalue weighted by molar-refractivity contribution is -0.196. The lowest BCUT2D eigenvalue weighted by Gasteiger charge is -2.62. The molecule has 0 aromatic heterocycles. The quantitative estimate of drug-likeness (QED) is 0.214. The molecule has 0 bridgehead atoms. The molecule has 0 aromatic rings. The summed E-state index contributed by atoms with van der Waals surface area (Å²) in [7, 11) is 0. The second-order valence-electron chi connectivity index (χ2n) is 11.4. The summed E-state index contributed by atoms with van der Waals surface area (Å²) in [4.78, 5) is 22.3. The average Bonchev–Trinajstić information content (AvgIpc) is 3.06. The van der Waals surface area contributed by atoms with Crippen molar-refractivity contribution in [3.05, 3.63) is 0 Å². The molecule has 4 aliphatic carbocycles. The third-order valence-corrected chi connectivity index (χ3v) is 10.8. The maximum absolute atomic E-state index is 11.8. The van der Waals surface area contributed by atoms with Crippen LogP contribution in [0.25, 0.3) is 0 Å². The molecule has 0 radical (unpaired) electrons. The van der Waals surface area contributed by atoms with E-state index in [2.05, 4.69) is 22.9 Å². The Morgan fingerprint density at radius 2 is 1.94 bits per heavy atom. The van der Waals surface area contributed by atoms with E-state index >= 15 is 0 Å².